The van der Waals surface area contributed by atoms with Crippen LogP contribution >= 0.6 is 11.3 Å². The number of carbonyl (C=O) groups is 2. The second kappa shape index (κ2) is 7.05. The molecule has 1 unspecified atom stereocenters. The van der Waals surface area contributed by atoms with Crippen LogP contribution in [0.2, 0.25) is 0 Å². The van der Waals surface area contributed by atoms with E-state index in [1.54, 1.807) is 0 Å². The molecule has 1 aromatic rings. The smallest absolute Gasteiger partial charge is 0.321 e. The molecule has 0 spiro atoms. The van der Waals surface area contributed by atoms with Gasteiger partial charge in [0.25, 0.3) is 0 Å². The van der Waals surface area contributed by atoms with E-state index in [2.05, 4.69) is 15.6 Å². The Morgan fingerprint density at radius 3 is 2.63 bits per heavy atom. The molecule has 0 radical (unpaired) electrons. The quantitative estimate of drug-likeness (QED) is 0.733. The van der Waals surface area contributed by atoms with Crippen LogP contribution < -0.4 is 10.6 Å². The number of aliphatic carboxylic acids is 1. The Kier molecular flexibility index (Phi) is 5.71. The average molecular weight is 287 g/mol. The summed E-state index contributed by atoms with van der Waals surface area (Å²) in [6.45, 7) is 3.91. The number of hydrogen-bond acceptors (Lipinski definition) is 5. The van der Waals surface area contributed by atoms with Crippen molar-refractivity contribution in [2.24, 2.45) is 0 Å². The molecule has 2 amide bonds. The van der Waals surface area contributed by atoms with E-state index in [-0.39, 0.29) is 13.0 Å². The summed E-state index contributed by atoms with van der Waals surface area (Å²) >= 11 is 1.38. The molecular formula is C11H17N3O4S. The summed E-state index contributed by atoms with van der Waals surface area (Å²) in [7, 11) is 1.40. The predicted octanol–water partition coefficient (Wildman–Crippen LogP) is 1.37. The van der Waals surface area contributed by atoms with Crippen molar-refractivity contribution in [3.63, 3.8) is 0 Å². The first-order valence-electron chi connectivity index (χ1n) is 5.65. The molecule has 0 aromatic carbocycles. The molecule has 1 atom stereocenters. The van der Waals surface area contributed by atoms with E-state index in [0.717, 1.165) is 10.6 Å². The Morgan fingerprint density at radius 1 is 1.47 bits per heavy atom. The molecule has 0 fully saturated rings. The van der Waals surface area contributed by atoms with E-state index in [4.69, 9.17) is 9.84 Å². The van der Waals surface area contributed by atoms with Crippen LogP contribution in [0.1, 0.15) is 17.0 Å². The van der Waals surface area contributed by atoms with Gasteiger partial charge in [0.15, 0.2) is 5.13 Å². The molecule has 0 aliphatic rings. The summed E-state index contributed by atoms with van der Waals surface area (Å²) in [6, 6.07) is -0.429. The summed E-state index contributed by atoms with van der Waals surface area (Å²) in [5.74, 6) is -0.972. The molecule has 0 bridgehead atoms. The van der Waals surface area contributed by atoms with Gasteiger partial charge in [-0.15, -0.1) is 11.3 Å². The predicted molar refractivity (Wildman–Crippen MR) is 71.7 cm³/mol. The zero-order valence-electron chi connectivity index (χ0n) is 11.0. The summed E-state index contributed by atoms with van der Waals surface area (Å²) in [6.07, 6.45) is -0.713. The number of aryl methyl sites for hydroxylation is 2. The molecule has 0 aliphatic heterocycles. The maximum atomic E-state index is 11.6. The average Bonchev–Trinajstić information content (AvgIpc) is 2.63. The van der Waals surface area contributed by atoms with Crippen molar-refractivity contribution in [2.75, 3.05) is 19.0 Å². The van der Waals surface area contributed by atoms with Crippen LogP contribution in [0.3, 0.4) is 0 Å². The fourth-order valence-electron chi connectivity index (χ4n) is 1.31. The van der Waals surface area contributed by atoms with Crippen molar-refractivity contribution in [1.29, 1.82) is 0 Å². The Hall–Kier alpha value is -1.67. The Labute approximate surface area is 115 Å². The van der Waals surface area contributed by atoms with Crippen LogP contribution in [0.4, 0.5) is 9.93 Å². The third-order valence-electron chi connectivity index (χ3n) is 2.47. The highest BCUT2D eigenvalue weighted by Gasteiger charge is 2.14. The van der Waals surface area contributed by atoms with Crippen molar-refractivity contribution < 1.29 is 19.4 Å². The number of nitrogens with zero attached hydrogens (tertiary/aromatic N) is 1. The minimum absolute atomic E-state index is 0.123. The Morgan fingerprint density at radius 2 is 2.16 bits per heavy atom. The van der Waals surface area contributed by atoms with Crippen LogP contribution in [0.25, 0.3) is 0 Å². The minimum atomic E-state index is -0.972. The van der Waals surface area contributed by atoms with Gasteiger partial charge in [-0.2, -0.15) is 0 Å². The summed E-state index contributed by atoms with van der Waals surface area (Å²) in [4.78, 5) is 27.3. The summed E-state index contributed by atoms with van der Waals surface area (Å²) in [5, 5.41) is 14.3. The zero-order chi connectivity index (χ0) is 14.4. The minimum Gasteiger partial charge on any atom is -0.481 e. The molecule has 0 saturated heterocycles. The molecule has 1 aromatic heterocycles. The van der Waals surface area contributed by atoms with Gasteiger partial charge < -0.3 is 15.2 Å². The SMILES string of the molecule is COC(CNC(=O)Nc1nc(C)c(C)s1)CC(=O)O. The third-order valence-corrected chi connectivity index (χ3v) is 3.46. The first-order valence-corrected chi connectivity index (χ1v) is 6.47. The molecule has 0 saturated carbocycles. The number of anilines is 1. The third kappa shape index (κ3) is 5.23. The van der Waals surface area contributed by atoms with E-state index in [1.807, 2.05) is 13.8 Å². The van der Waals surface area contributed by atoms with Crippen molar-refractivity contribution >= 4 is 28.5 Å². The van der Waals surface area contributed by atoms with Gasteiger partial charge in [0.2, 0.25) is 0 Å². The summed E-state index contributed by atoms with van der Waals surface area (Å²) in [5.41, 5.74) is 0.876. The molecule has 3 N–H and O–H groups in total. The first kappa shape index (κ1) is 15.4. The Bertz CT molecular complexity index is 441. The maximum Gasteiger partial charge on any atom is 0.321 e. The van der Waals surface area contributed by atoms with Gasteiger partial charge in [-0.25, -0.2) is 9.78 Å². The molecule has 8 heteroatoms. The normalized spacial score (nSPS) is 11.9. The first-order chi connectivity index (χ1) is 8.92. The number of thiazole rings is 1. The van der Waals surface area contributed by atoms with Crippen LogP contribution in [0.5, 0.6) is 0 Å². The number of nitrogens with one attached hydrogen (secondary N) is 2. The number of carbonyl (C=O) groups excluding carboxylic acids is 1. The number of rotatable bonds is 6. The van der Waals surface area contributed by atoms with Gasteiger partial charge in [0.05, 0.1) is 18.2 Å². The zero-order valence-corrected chi connectivity index (χ0v) is 11.8. The number of carboxylic acids is 1. The highest BCUT2D eigenvalue weighted by Crippen LogP contribution is 2.20. The fraction of sp³-hybridized carbons (Fsp3) is 0.545. The van der Waals surface area contributed by atoms with Gasteiger partial charge in [-0.3, -0.25) is 10.1 Å². The lowest BCUT2D eigenvalue weighted by atomic mass is 10.2. The lowest BCUT2D eigenvalue weighted by molar-refractivity contribution is -0.139. The molecule has 0 aliphatic carbocycles. The number of amides is 2. The maximum absolute atomic E-state index is 11.6. The van der Waals surface area contributed by atoms with Gasteiger partial charge in [-0.05, 0) is 13.8 Å². The van der Waals surface area contributed by atoms with Crippen LogP contribution in [-0.4, -0.2) is 41.8 Å². The number of methoxy groups -OCH3 is 1. The number of ether oxygens (including phenoxy) is 1. The summed E-state index contributed by atoms with van der Waals surface area (Å²) < 4.78 is 4.95. The molecular weight excluding hydrogens is 270 g/mol. The largest absolute Gasteiger partial charge is 0.481 e. The van der Waals surface area contributed by atoms with Gasteiger partial charge >= 0.3 is 12.0 Å². The molecule has 19 heavy (non-hydrogen) atoms. The highest BCUT2D eigenvalue weighted by molar-refractivity contribution is 7.15. The lowest BCUT2D eigenvalue weighted by Gasteiger charge is -2.13. The van der Waals surface area contributed by atoms with Crippen molar-refractivity contribution in [2.45, 2.75) is 26.4 Å². The van der Waals surface area contributed by atoms with Crippen LogP contribution in [-0.2, 0) is 9.53 Å². The fourth-order valence-corrected chi connectivity index (χ4v) is 2.12. The second-order valence-electron chi connectivity index (χ2n) is 3.95. The second-order valence-corrected chi connectivity index (χ2v) is 5.15. The van der Waals surface area contributed by atoms with Crippen molar-refractivity contribution in [1.82, 2.24) is 10.3 Å². The number of carboxylic acid groups (broad SMARTS) is 1. The topological polar surface area (TPSA) is 101 Å². The molecule has 1 rings (SSSR count). The molecule has 106 valence electrons. The Balaban J connectivity index is 2.40. The standard InChI is InChI=1S/C11H17N3O4S/c1-6-7(2)19-11(13-6)14-10(17)12-5-8(18-3)4-9(15)16/h8H,4-5H2,1-3H3,(H,15,16)(H2,12,13,14,17). The van der Waals surface area contributed by atoms with E-state index < -0.39 is 18.1 Å². The van der Waals surface area contributed by atoms with Crippen molar-refractivity contribution in [3.05, 3.63) is 10.6 Å². The lowest BCUT2D eigenvalue weighted by Crippen LogP contribution is -2.37. The van der Waals surface area contributed by atoms with Crippen LogP contribution in [0, 0.1) is 13.8 Å². The highest BCUT2D eigenvalue weighted by atomic mass is 32.1. The molecule has 7 nitrogen and oxygen atoms in total. The van der Waals surface area contributed by atoms with E-state index in [1.165, 1.54) is 18.4 Å². The van der Waals surface area contributed by atoms with E-state index >= 15 is 0 Å². The molecule has 1 heterocycles. The van der Waals surface area contributed by atoms with E-state index in [0.29, 0.717) is 5.13 Å². The monoisotopic (exact) mass is 287 g/mol. The van der Waals surface area contributed by atoms with E-state index in [9.17, 15) is 9.59 Å². The number of hydrogen-bond donors (Lipinski definition) is 3. The van der Waals surface area contributed by atoms with Crippen LogP contribution in [0.15, 0.2) is 0 Å². The number of urea groups is 1. The van der Waals surface area contributed by atoms with Gasteiger partial charge in [-0.1, -0.05) is 0 Å². The number of aromatic nitrogens is 1. The van der Waals surface area contributed by atoms with Crippen molar-refractivity contribution in [3.8, 4) is 0 Å². The van der Waals surface area contributed by atoms with Gasteiger partial charge in [0, 0.05) is 18.5 Å². The van der Waals surface area contributed by atoms with Gasteiger partial charge in [0.1, 0.15) is 0 Å².